The predicted octanol–water partition coefficient (Wildman–Crippen LogP) is 4.29. The Morgan fingerprint density at radius 3 is 2.54 bits per heavy atom. The Bertz CT molecular complexity index is 1820. The number of aromatic amines is 1. The normalized spacial score (nSPS) is 13.7. The van der Waals surface area contributed by atoms with Gasteiger partial charge in [-0.25, -0.2) is 31.7 Å². The molecule has 200 valence electrons. The molecule has 0 radical (unpaired) electrons. The van der Waals surface area contributed by atoms with E-state index in [9.17, 15) is 8.42 Å². The van der Waals surface area contributed by atoms with Crippen LogP contribution in [-0.4, -0.2) is 56.5 Å². The van der Waals surface area contributed by atoms with Crippen LogP contribution in [0.5, 0.6) is 0 Å². The quantitative estimate of drug-likeness (QED) is 0.304. The van der Waals surface area contributed by atoms with E-state index < -0.39 is 32.1 Å². The molecule has 1 fully saturated rings. The lowest BCUT2D eigenvalue weighted by atomic mass is 10.0. The third-order valence-corrected chi connectivity index (χ3v) is 7.55. The predicted molar refractivity (Wildman–Crippen MR) is 140 cm³/mol. The molecule has 5 aromatic rings. The van der Waals surface area contributed by atoms with Crippen molar-refractivity contribution in [2.24, 2.45) is 0 Å². The van der Waals surface area contributed by atoms with Crippen LogP contribution in [0.15, 0.2) is 47.8 Å². The molecule has 11 nitrogen and oxygen atoms in total. The average Bonchev–Trinajstić information content (AvgIpc) is 3.50. The van der Waals surface area contributed by atoms with Crippen molar-refractivity contribution in [3.8, 4) is 11.3 Å². The van der Waals surface area contributed by atoms with Gasteiger partial charge in [0.05, 0.1) is 22.3 Å². The molecule has 0 amide bonds. The SMILES string of the molecule is Cc1cc(Nc2nc(N(C)c3c(F)cc(S(C)(=O)=O)cc3F)nc(-c3cnn4cccnc34)c2C2CC2)n[nH]1. The first kappa shape index (κ1) is 24.9. The van der Waals surface area contributed by atoms with Crippen LogP contribution in [0.4, 0.5) is 32.1 Å². The maximum absolute atomic E-state index is 15.2. The Balaban J connectivity index is 1.56. The summed E-state index contributed by atoms with van der Waals surface area (Å²) < 4.78 is 55.8. The maximum atomic E-state index is 15.2. The average molecular weight is 552 g/mol. The molecular weight excluding hydrogens is 528 g/mol. The van der Waals surface area contributed by atoms with E-state index in [0.29, 0.717) is 28.5 Å². The highest BCUT2D eigenvalue weighted by Gasteiger charge is 2.34. The third kappa shape index (κ3) is 4.56. The number of aromatic nitrogens is 7. The van der Waals surface area contributed by atoms with Gasteiger partial charge in [0.25, 0.3) is 0 Å². The standard InChI is InChI=1S/C25H23F2N9O2S/c1-13-9-19(34-33-13)30-23-20(14-5-6-14)21(16-12-29-36-8-4-7-28-24(16)36)31-25(32-23)35(2)22-17(26)10-15(11-18(22)27)39(3,37)38/h4,7-12,14H,5-6H2,1-3H3,(H2,30,31,32,33,34). The summed E-state index contributed by atoms with van der Waals surface area (Å²) >= 11 is 0. The minimum atomic E-state index is -3.83. The zero-order chi connectivity index (χ0) is 27.5. The topological polar surface area (TPSA) is 134 Å². The Morgan fingerprint density at radius 1 is 1.15 bits per heavy atom. The van der Waals surface area contributed by atoms with Gasteiger partial charge in [0.2, 0.25) is 5.95 Å². The first-order valence-electron chi connectivity index (χ1n) is 12.0. The molecule has 0 unspecified atom stereocenters. The van der Waals surface area contributed by atoms with Crippen molar-refractivity contribution < 1.29 is 17.2 Å². The fourth-order valence-electron chi connectivity index (χ4n) is 4.44. The molecule has 14 heteroatoms. The van der Waals surface area contributed by atoms with E-state index in [1.807, 2.05) is 13.0 Å². The summed E-state index contributed by atoms with van der Waals surface area (Å²) in [7, 11) is -2.41. The van der Waals surface area contributed by atoms with Crippen LogP contribution in [0, 0.1) is 18.6 Å². The Morgan fingerprint density at radius 2 is 1.90 bits per heavy atom. The number of rotatable bonds is 7. The molecule has 4 heterocycles. The number of aryl methyl sites for hydroxylation is 1. The molecule has 2 N–H and O–H groups in total. The van der Waals surface area contributed by atoms with E-state index in [4.69, 9.17) is 4.98 Å². The number of anilines is 4. The molecule has 0 bridgehead atoms. The monoisotopic (exact) mass is 551 g/mol. The molecule has 1 saturated carbocycles. The summed E-state index contributed by atoms with van der Waals surface area (Å²) in [6.07, 6.45) is 7.77. The maximum Gasteiger partial charge on any atom is 0.232 e. The molecule has 6 rings (SSSR count). The van der Waals surface area contributed by atoms with Crippen LogP contribution >= 0.6 is 0 Å². The number of hydrogen-bond donors (Lipinski definition) is 2. The van der Waals surface area contributed by atoms with Gasteiger partial charge in [-0.05, 0) is 43.9 Å². The molecule has 1 aromatic carbocycles. The van der Waals surface area contributed by atoms with Crippen molar-refractivity contribution in [2.45, 2.75) is 30.6 Å². The smallest absolute Gasteiger partial charge is 0.232 e. The van der Waals surface area contributed by atoms with Gasteiger partial charge in [0.1, 0.15) is 11.5 Å². The van der Waals surface area contributed by atoms with E-state index >= 15 is 8.78 Å². The Kier molecular flexibility index (Phi) is 5.79. The minimum absolute atomic E-state index is 0.0238. The van der Waals surface area contributed by atoms with Gasteiger partial charge in [-0.15, -0.1) is 0 Å². The highest BCUT2D eigenvalue weighted by molar-refractivity contribution is 7.90. The fourth-order valence-corrected chi connectivity index (χ4v) is 5.08. The third-order valence-electron chi connectivity index (χ3n) is 6.46. The van der Waals surface area contributed by atoms with Gasteiger partial charge in [-0.2, -0.15) is 15.2 Å². The van der Waals surface area contributed by atoms with Gasteiger partial charge in [0.15, 0.2) is 32.9 Å². The van der Waals surface area contributed by atoms with Gasteiger partial charge in [-0.3, -0.25) is 5.10 Å². The number of benzene rings is 1. The van der Waals surface area contributed by atoms with Crippen molar-refractivity contribution in [1.82, 2.24) is 34.8 Å². The van der Waals surface area contributed by atoms with Gasteiger partial charge < -0.3 is 10.2 Å². The summed E-state index contributed by atoms with van der Waals surface area (Å²) in [6, 6.07) is 5.13. The summed E-state index contributed by atoms with van der Waals surface area (Å²) in [6.45, 7) is 1.86. The lowest BCUT2D eigenvalue weighted by Crippen LogP contribution is -2.19. The molecule has 0 saturated heterocycles. The van der Waals surface area contributed by atoms with Gasteiger partial charge in [0, 0.05) is 43.0 Å². The Hall–Kier alpha value is -4.46. The summed E-state index contributed by atoms with van der Waals surface area (Å²) in [5, 5.41) is 14.8. The molecule has 0 spiro atoms. The van der Waals surface area contributed by atoms with E-state index in [1.165, 1.54) is 7.05 Å². The summed E-state index contributed by atoms with van der Waals surface area (Å²) in [5.74, 6) is -1.05. The summed E-state index contributed by atoms with van der Waals surface area (Å²) in [4.78, 5) is 14.6. The molecular formula is C25H23F2N9O2S. The Labute approximate surface area is 221 Å². The van der Waals surface area contributed by atoms with Crippen LogP contribution in [0.25, 0.3) is 16.9 Å². The molecule has 1 aliphatic carbocycles. The van der Waals surface area contributed by atoms with Crippen molar-refractivity contribution in [3.05, 3.63) is 65.7 Å². The van der Waals surface area contributed by atoms with Crippen LogP contribution in [-0.2, 0) is 9.84 Å². The first-order valence-corrected chi connectivity index (χ1v) is 13.9. The van der Waals surface area contributed by atoms with Crippen molar-refractivity contribution in [2.75, 3.05) is 23.5 Å². The second kappa shape index (κ2) is 9.08. The minimum Gasteiger partial charge on any atom is -0.323 e. The molecule has 39 heavy (non-hydrogen) atoms. The van der Waals surface area contributed by atoms with Crippen LogP contribution in [0.2, 0.25) is 0 Å². The van der Waals surface area contributed by atoms with Crippen molar-refractivity contribution in [1.29, 1.82) is 0 Å². The number of H-pyrrole nitrogens is 1. The van der Waals surface area contributed by atoms with Crippen LogP contribution in [0.3, 0.4) is 0 Å². The largest absolute Gasteiger partial charge is 0.323 e. The number of halogens is 2. The van der Waals surface area contributed by atoms with E-state index in [2.05, 4.69) is 30.6 Å². The van der Waals surface area contributed by atoms with E-state index in [1.54, 1.807) is 29.2 Å². The second-order valence-corrected chi connectivity index (χ2v) is 11.5. The van der Waals surface area contributed by atoms with E-state index in [-0.39, 0.29) is 11.9 Å². The molecule has 4 aromatic heterocycles. The first-order chi connectivity index (χ1) is 18.6. The zero-order valence-corrected chi connectivity index (χ0v) is 22.0. The number of hydrogen-bond acceptors (Lipinski definition) is 9. The molecule has 1 aliphatic rings. The number of fused-ring (bicyclic) bond motifs is 1. The second-order valence-electron chi connectivity index (χ2n) is 9.48. The van der Waals surface area contributed by atoms with Gasteiger partial charge in [-0.1, -0.05) is 0 Å². The lowest BCUT2D eigenvalue weighted by Gasteiger charge is -2.22. The number of sulfone groups is 1. The fraction of sp³-hybridized carbons (Fsp3) is 0.240. The van der Waals surface area contributed by atoms with Crippen LogP contribution in [0.1, 0.15) is 30.0 Å². The highest BCUT2D eigenvalue weighted by atomic mass is 32.2. The number of nitrogens with one attached hydrogen (secondary N) is 2. The number of nitrogens with zero attached hydrogens (tertiary/aromatic N) is 7. The molecule has 0 atom stereocenters. The highest BCUT2D eigenvalue weighted by Crippen LogP contribution is 2.48. The zero-order valence-electron chi connectivity index (χ0n) is 21.1. The van der Waals surface area contributed by atoms with Gasteiger partial charge >= 0.3 is 0 Å². The van der Waals surface area contributed by atoms with Crippen LogP contribution < -0.4 is 10.2 Å². The van der Waals surface area contributed by atoms with Crippen molar-refractivity contribution >= 4 is 38.8 Å². The summed E-state index contributed by atoms with van der Waals surface area (Å²) in [5.41, 5.74) is 2.87. The molecule has 0 aliphatic heterocycles. The van der Waals surface area contributed by atoms with E-state index in [0.717, 1.165) is 47.4 Å². The van der Waals surface area contributed by atoms with Crippen molar-refractivity contribution in [3.63, 3.8) is 0 Å². The lowest BCUT2D eigenvalue weighted by molar-refractivity contribution is 0.569.